The van der Waals surface area contributed by atoms with Crippen LogP contribution in [0.15, 0.2) is 73.3 Å². The zero-order valence-corrected chi connectivity index (χ0v) is 15.2. The van der Waals surface area contributed by atoms with E-state index >= 15 is 0 Å². The van der Waals surface area contributed by atoms with Crippen LogP contribution >= 0.6 is 0 Å². The highest BCUT2D eigenvalue weighted by Gasteiger charge is 2.52. The van der Waals surface area contributed by atoms with E-state index in [9.17, 15) is 9.59 Å². The molecule has 1 saturated heterocycles. The second kappa shape index (κ2) is 8.54. The Bertz CT molecular complexity index is 790. The molecule has 1 unspecified atom stereocenters. The van der Waals surface area contributed by atoms with E-state index in [0.717, 1.165) is 11.1 Å². The summed E-state index contributed by atoms with van der Waals surface area (Å²) >= 11 is 0. The summed E-state index contributed by atoms with van der Waals surface area (Å²) in [5, 5.41) is 0. The number of nitrogens with zero attached hydrogens (tertiary/aromatic N) is 1. The monoisotopic (exact) mass is 365 g/mol. The zero-order chi connectivity index (χ0) is 19.1. The topological polar surface area (TPSA) is 55.8 Å². The number of esters is 1. The molecule has 5 nitrogen and oxygen atoms in total. The zero-order valence-electron chi connectivity index (χ0n) is 15.2. The van der Waals surface area contributed by atoms with Crippen LogP contribution in [-0.2, 0) is 27.3 Å². The van der Waals surface area contributed by atoms with Crippen LogP contribution in [0.1, 0.15) is 24.0 Å². The van der Waals surface area contributed by atoms with Gasteiger partial charge in [-0.15, -0.1) is 6.58 Å². The number of hydrogen-bond donors (Lipinski definition) is 0. The first kappa shape index (κ1) is 18.7. The molecule has 0 N–H and O–H groups in total. The highest BCUT2D eigenvalue weighted by molar-refractivity contribution is 5.88. The van der Waals surface area contributed by atoms with Gasteiger partial charge in [0.25, 0.3) is 0 Å². The lowest BCUT2D eigenvalue weighted by atomic mass is 9.87. The van der Waals surface area contributed by atoms with Crippen molar-refractivity contribution in [3.63, 3.8) is 0 Å². The smallest absolute Gasteiger partial charge is 0.413 e. The van der Waals surface area contributed by atoms with Crippen LogP contribution in [0.25, 0.3) is 0 Å². The minimum atomic E-state index is -1.08. The quantitative estimate of drug-likeness (QED) is 0.548. The highest BCUT2D eigenvalue weighted by Crippen LogP contribution is 2.34. The van der Waals surface area contributed by atoms with Crippen molar-refractivity contribution in [3.05, 3.63) is 84.4 Å². The Morgan fingerprint density at radius 3 is 2.37 bits per heavy atom. The number of benzene rings is 2. The number of carbonyl (C=O) groups is 2. The molecule has 1 aliphatic rings. The lowest BCUT2D eigenvalue weighted by molar-refractivity contribution is -0.143. The van der Waals surface area contributed by atoms with Crippen molar-refractivity contribution in [2.75, 3.05) is 6.73 Å². The van der Waals surface area contributed by atoms with Crippen LogP contribution in [0.4, 0.5) is 4.79 Å². The van der Waals surface area contributed by atoms with Crippen molar-refractivity contribution in [2.45, 2.75) is 31.4 Å². The molecule has 2 aromatic rings. The molecule has 0 aliphatic carbocycles. The Morgan fingerprint density at radius 1 is 1.11 bits per heavy atom. The molecule has 1 heterocycles. The van der Waals surface area contributed by atoms with E-state index in [1.165, 1.54) is 4.90 Å². The van der Waals surface area contributed by atoms with Gasteiger partial charge in [0.2, 0.25) is 0 Å². The normalized spacial score (nSPS) is 18.8. The molecule has 1 aliphatic heterocycles. The van der Waals surface area contributed by atoms with E-state index in [0.29, 0.717) is 19.3 Å². The van der Waals surface area contributed by atoms with Gasteiger partial charge in [0.1, 0.15) is 6.61 Å². The van der Waals surface area contributed by atoms with Gasteiger partial charge in [-0.2, -0.15) is 0 Å². The molecule has 0 bridgehead atoms. The van der Waals surface area contributed by atoms with Crippen molar-refractivity contribution >= 4 is 12.1 Å². The number of aryl methyl sites for hydroxylation is 1. The minimum absolute atomic E-state index is 0.102. The summed E-state index contributed by atoms with van der Waals surface area (Å²) in [5.74, 6) is -0.407. The molecule has 0 aromatic heterocycles. The average molecular weight is 365 g/mol. The van der Waals surface area contributed by atoms with Gasteiger partial charge in [0.05, 0.1) is 0 Å². The predicted octanol–water partition coefficient (Wildman–Crippen LogP) is 4.09. The molecular weight excluding hydrogens is 342 g/mol. The van der Waals surface area contributed by atoms with Crippen LogP contribution in [0.3, 0.4) is 0 Å². The van der Waals surface area contributed by atoms with Crippen LogP contribution in [-0.4, -0.2) is 29.2 Å². The molecule has 2 aromatic carbocycles. The maximum atomic E-state index is 12.7. The Morgan fingerprint density at radius 2 is 1.74 bits per heavy atom. The maximum absolute atomic E-state index is 12.7. The van der Waals surface area contributed by atoms with Crippen molar-refractivity contribution in [3.8, 4) is 0 Å². The van der Waals surface area contributed by atoms with Crippen LogP contribution in [0.5, 0.6) is 0 Å². The number of carbonyl (C=O) groups excluding carboxylic acids is 2. The van der Waals surface area contributed by atoms with Crippen LogP contribution in [0, 0.1) is 0 Å². The third-order valence-corrected chi connectivity index (χ3v) is 4.80. The fourth-order valence-electron chi connectivity index (χ4n) is 3.28. The fraction of sp³-hybridized carbons (Fsp3) is 0.273. The summed E-state index contributed by atoms with van der Waals surface area (Å²) in [5.41, 5.74) is 0.903. The van der Waals surface area contributed by atoms with Gasteiger partial charge >= 0.3 is 12.1 Å². The summed E-state index contributed by atoms with van der Waals surface area (Å²) in [6.45, 7) is 3.80. The standard InChI is InChI=1S/C22H23NO4/c1-2-14-22(15-13-18-9-5-3-6-10-18)20(24)27-17-23(22)21(25)26-16-19-11-7-4-8-12-19/h2-12H,1,13-17H2. The van der Waals surface area contributed by atoms with Gasteiger partial charge in [-0.3, -0.25) is 4.90 Å². The van der Waals surface area contributed by atoms with Gasteiger partial charge in [-0.1, -0.05) is 66.7 Å². The Balaban J connectivity index is 1.73. The van der Waals surface area contributed by atoms with Crippen molar-refractivity contribution in [1.82, 2.24) is 4.90 Å². The van der Waals surface area contributed by atoms with Gasteiger partial charge in [-0.05, 0) is 30.4 Å². The van der Waals surface area contributed by atoms with Crippen molar-refractivity contribution in [2.24, 2.45) is 0 Å². The SMILES string of the molecule is C=CCC1(CCc2ccccc2)C(=O)OCN1C(=O)OCc1ccccc1. The van der Waals surface area contributed by atoms with Crippen LogP contribution in [0.2, 0.25) is 0 Å². The highest BCUT2D eigenvalue weighted by atomic mass is 16.6. The number of amides is 1. The van der Waals surface area contributed by atoms with E-state index in [-0.39, 0.29) is 13.3 Å². The lowest BCUT2D eigenvalue weighted by Crippen LogP contribution is -2.51. The molecule has 0 spiro atoms. The molecule has 0 saturated carbocycles. The van der Waals surface area contributed by atoms with Crippen molar-refractivity contribution in [1.29, 1.82) is 0 Å². The Hall–Kier alpha value is -3.08. The van der Waals surface area contributed by atoms with E-state index in [2.05, 4.69) is 6.58 Å². The molecule has 3 rings (SSSR count). The van der Waals surface area contributed by atoms with Gasteiger partial charge in [-0.25, -0.2) is 9.59 Å². The molecule has 5 heteroatoms. The van der Waals surface area contributed by atoms with E-state index in [1.54, 1.807) is 6.08 Å². The minimum Gasteiger partial charge on any atom is -0.444 e. The molecule has 0 radical (unpaired) electrons. The summed E-state index contributed by atoms with van der Waals surface area (Å²) in [4.78, 5) is 26.7. The predicted molar refractivity (Wildman–Crippen MR) is 102 cm³/mol. The van der Waals surface area contributed by atoms with Crippen molar-refractivity contribution < 1.29 is 19.1 Å². The third kappa shape index (κ3) is 4.19. The number of cyclic esters (lactones) is 1. The molecule has 1 amide bonds. The number of hydrogen-bond acceptors (Lipinski definition) is 4. The number of ether oxygens (including phenoxy) is 2. The lowest BCUT2D eigenvalue weighted by Gasteiger charge is -2.32. The molecule has 1 fully saturated rings. The third-order valence-electron chi connectivity index (χ3n) is 4.80. The van der Waals surface area contributed by atoms with Gasteiger partial charge in [0, 0.05) is 0 Å². The Labute approximate surface area is 159 Å². The first-order chi connectivity index (χ1) is 13.2. The summed E-state index contributed by atoms with van der Waals surface area (Å²) < 4.78 is 10.7. The number of rotatable bonds is 7. The van der Waals surface area contributed by atoms with E-state index in [1.807, 2.05) is 60.7 Å². The molecule has 1 atom stereocenters. The molecule has 140 valence electrons. The average Bonchev–Trinajstić information content (AvgIpc) is 3.03. The maximum Gasteiger partial charge on any atom is 0.413 e. The summed E-state index contributed by atoms with van der Waals surface area (Å²) in [6.07, 6.45) is 2.50. The molecule has 27 heavy (non-hydrogen) atoms. The van der Waals surface area contributed by atoms with Crippen LogP contribution < -0.4 is 0 Å². The van der Waals surface area contributed by atoms with Gasteiger partial charge < -0.3 is 9.47 Å². The fourth-order valence-corrected chi connectivity index (χ4v) is 3.28. The van der Waals surface area contributed by atoms with Gasteiger partial charge in [0.15, 0.2) is 12.3 Å². The summed E-state index contributed by atoms with van der Waals surface area (Å²) in [7, 11) is 0. The first-order valence-corrected chi connectivity index (χ1v) is 8.96. The molecular formula is C22H23NO4. The van der Waals surface area contributed by atoms with E-state index < -0.39 is 17.6 Å². The largest absolute Gasteiger partial charge is 0.444 e. The summed E-state index contributed by atoms with van der Waals surface area (Å²) in [6, 6.07) is 19.3. The second-order valence-electron chi connectivity index (χ2n) is 6.54. The van der Waals surface area contributed by atoms with E-state index in [4.69, 9.17) is 9.47 Å². The Kier molecular flexibility index (Phi) is 5.91. The second-order valence-corrected chi connectivity index (χ2v) is 6.54. The first-order valence-electron chi connectivity index (χ1n) is 8.96.